The minimum atomic E-state index is -0.200. The summed E-state index contributed by atoms with van der Waals surface area (Å²) in [6.45, 7) is 3.93. The largest absolute Gasteiger partial charge is 0.379 e. The van der Waals surface area contributed by atoms with Gasteiger partial charge in [0.2, 0.25) is 0 Å². The van der Waals surface area contributed by atoms with Crippen LogP contribution in [0.5, 0.6) is 0 Å². The molecule has 1 amide bonds. The van der Waals surface area contributed by atoms with Gasteiger partial charge in [-0.05, 0) is 25.5 Å². The highest BCUT2D eigenvalue weighted by Gasteiger charge is 2.46. The number of hydrogen-bond acceptors (Lipinski definition) is 4. The van der Waals surface area contributed by atoms with Crippen molar-refractivity contribution in [1.29, 1.82) is 0 Å². The molecule has 0 unspecified atom stereocenters. The molecule has 20 heavy (non-hydrogen) atoms. The normalized spacial score (nSPS) is 29.3. The van der Waals surface area contributed by atoms with E-state index in [1.807, 2.05) is 24.0 Å². The average molecular weight is 276 g/mol. The lowest BCUT2D eigenvalue weighted by Gasteiger charge is -2.23. The Hall–Kier alpha value is -1.46. The fourth-order valence-electron chi connectivity index (χ4n) is 3.03. The SMILES string of the molecule is CO[C@H]1CO[C@]2(CCN(C(=O)c3ccc(C)nc3)C2)C1. The van der Waals surface area contributed by atoms with Gasteiger partial charge >= 0.3 is 0 Å². The molecule has 2 aliphatic heterocycles. The van der Waals surface area contributed by atoms with Gasteiger partial charge in [-0.1, -0.05) is 0 Å². The monoisotopic (exact) mass is 276 g/mol. The number of carbonyl (C=O) groups excluding carboxylic acids is 1. The Morgan fingerprint density at radius 2 is 2.40 bits per heavy atom. The Bertz CT molecular complexity index is 502. The lowest BCUT2D eigenvalue weighted by Crippen LogP contribution is -2.36. The van der Waals surface area contributed by atoms with E-state index >= 15 is 0 Å². The molecule has 1 spiro atoms. The molecule has 0 aliphatic carbocycles. The molecule has 0 saturated carbocycles. The van der Waals surface area contributed by atoms with Gasteiger partial charge in [-0.25, -0.2) is 0 Å². The number of ether oxygens (including phenoxy) is 2. The van der Waals surface area contributed by atoms with E-state index < -0.39 is 0 Å². The summed E-state index contributed by atoms with van der Waals surface area (Å²) in [5.41, 5.74) is 1.37. The minimum absolute atomic E-state index is 0.0406. The summed E-state index contributed by atoms with van der Waals surface area (Å²) in [7, 11) is 1.71. The second-order valence-electron chi connectivity index (χ2n) is 5.72. The van der Waals surface area contributed by atoms with Crippen LogP contribution in [-0.4, -0.2) is 54.3 Å². The molecule has 2 fully saturated rings. The summed E-state index contributed by atoms with van der Waals surface area (Å²) in [6, 6.07) is 3.70. The topological polar surface area (TPSA) is 51.7 Å². The molecule has 0 bridgehead atoms. The van der Waals surface area contributed by atoms with Crippen LogP contribution in [0.2, 0.25) is 0 Å². The van der Waals surface area contributed by atoms with Crippen molar-refractivity contribution in [1.82, 2.24) is 9.88 Å². The van der Waals surface area contributed by atoms with Gasteiger partial charge in [0, 0.05) is 32.0 Å². The summed E-state index contributed by atoms with van der Waals surface area (Å²) in [6.07, 6.45) is 3.57. The van der Waals surface area contributed by atoms with Crippen LogP contribution < -0.4 is 0 Å². The van der Waals surface area contributed by atoms with Crippen LogP contribution in [0.15, 0.2) is 18.3 Å². The smallest absolute Gasteiger partial charge is 0.255 e. The number of nitrogens with zero attached hydrogens (tertiary/aromatic N) is 2. The van der Waals surface area contributed by atoms with E-state index in [0.29, 0.717) is 18.7 Å². The van der Waals surface area contributed by atoms with Gasteiger partial charge in [0.1, 0.15) is 0 Å². The first-order chi connectivity index (χ1) is 9.62. The predicted molar refractivity (Wildman–Crippen MR) is 73.6 cm³/mol. The zero-order valence-corrected chi connectivity index (χ0v) is 12.0. The van der Waals surface area contributed by atoms with Crippen molar-refractivity contribution in [3.8, 4) is 0 Å². The number of pyridine rings is 1. The summed E-state index contributed by atoms with van der Waals surface area (Å²) >= 11 is 0. The highest BCUT2D eigenvalue weighted by molar-refractivity contribution is 5.94. The van der Waals surface area contributed by atoms with E-state index in [2.05, 4.69) is 4.98 Å². The summed E-state index contributed by atoms with van der Waals surface area (Å²) < 4.78 is 11.3. The molecule has 5 nitrogen and oxygen atoms in total. The molecular formula is C15H20N2O3. The van der Waals surface area contributed by atoms with Gasteiger partial charge < -0.3 is 14.4 Å². The van der Waals surface area contributed by atoms with Crippen molar-refractivity contribution in [3.63, 3.8) is 0 Å². The fourth-order valence-corrected chi connectivity index (χ4v) is 3.03. The molecular weight excluding hydrogens is 256 g/mol. The molecule has 3 heterocycles. The van der Waals surface area contributed by atoms with E-state index in [4.69, 9.17) is 9.47 Å². The van der Waals surface area contributed by atoms with Crippen molar-refractivity contribution < 1.29 is 14.3 Å². The molecule has 1 aromatic heterocycles. The number of methoxy groups -OCH3 is 1. The second-order valence-corrected chi connectivity index (χ2v) is 5.72. The highest BCUT2D eigenvalue weighted by Crippen LogP contribution is 2.36. The van der Waals surface area contributed by atoms with Crippen molar-refractivity contribution in [2.75, 3.05) is 26.8 Å². The Morgan fingerprint density at radius 3 is 3.05 bits per heavy atom. The number of likely N-dealkylation sites (tertiary alicyclic amines) is 1. The van der Waals surface area contributed by atoms with Gasteiger partial charge in [0.05, 0.1) is 30.4 Å². The lowest BCUT2D eigenvalue weighted by molar-refractivity contribution is 0.00702. The number of aromatic nitrogens is 1. The van der Waals surface area contributed by atoms with Crippen LogP contribution >= 0.6 is 0 Å². The van der Waals surface area contributed by atoms with Gasteiger partial charge in [0.25, 0.3) is 5.91 Å². The van der Waals surface area contributed by atoms with Crippen LogP contribution in [0.3, 0.4) is 0 Å². The Balaban J connectivity index is 1.68. The standard InChI is InChI=1S/C15H20N2O3/c1-11-3-4-12(8-16-11)14(18)17-6-5-15(10-17)7-13(19-2)9-20-15/h3-4,8,13H,5-7,9-10H2,1-2H3/t13-,15-/m1/s1. The van der Waals surface area contributed by atoms with E-state index in [9.17, 15) is 4.79 Å². The van der Waals surface area contributed by atoms with E-state index in [1.165, 1.54) is 0 Å². The average Bonchev–Trinajstić information content (AvgIpc) is 3.07. The maximum absolute atomic E-state index is 12.4. The zero-order valence-electron chi connectivity index (χ0n) is 12.0. The predicted octanol–water partition coefficient (Wildman–Crippen LogP) is 1.41. The molecule has 0 N–H and O–H groups in total. The Kier molecular flexibility index (Phi) is 3.48. The van der Waals surface area contributed by atoms with Crippen molar-refractivity contribution in [2.24, 2.45) is 0 Å². The van der Waals surface area contributed by atoms with Crippen LogP contribution in [0.1, 0.15) is 28.9 Å². The zero-order chi connectivity index (χ0) is 14.2. The van der Waals surface area contributed by atoms with Gasteiger partial charge in [-0.15, -0.1) is 0 Å². The Morgan fingerprint density at radius 1 is 1.55 bits per heavy atom. The molecule has 5 heteroatoms. The van der Waals surface area contributed by atoms with Gasteiger partial charge in [-0.2, -0.15) is 0 Å². The molecule has 2 aliphatic rings. The van der Waals surface area contributed by atoms with Crippen LogP contribution in [0.25, 0.3) is 0 Å². The lowest BCUT2D eigenvalue weighted by atomic mass is 9.98. The van der Waals surface area contributed by atoms with E-state index in [-0.39, 0.29) is 17.6 Å². The van der Waals surface area contributed by atoms with Crippen LogP contribution in [-0.2, 0) is 9.47 Å². The Labute approximate surface area is 118 Å². The van der Waals surface area contributed by atoms with Crippen LogP contribution in [0.4, 0.5) is 0 Å². The molecule has 0 aromatic carbocycles. The third kappa shape index (κ3) is 2.43. The van der Waals surface area contributed by atoms with Crippen molar-refractivity contribution >= 4 is 5.91 Å². The summed E-state index contributed by atoms with van der Waals surface area (Å²) in [5, 5.41) is 0. The number of aryl methyl sites for hydroxylation is 1. The van der Waals surface area contributed by atoms with E-state index in [0.717, 1.165) is 25.1 Å². The second kappa shape index (κ2) is 5.14. The molecule has 0 radical (unpaired) electrons. The summed E-state index contributed by atoms with van der Waals surface area (Å²) in [5.74, 6) is 0.0406. The quantitative estimate of drug-likeness (QED) is 0.819. The van der Waals surface area contributed by atoms with Gasteiger partial charge in [-0.3, -0.25) is 9.78 Å². The molecule has 108 valence electrons. The first kappa shape index (κ1) is 13.5. The first-order valence-corrected chi connectivity index (χ1v) is 7.01. The van der Waals surface area contributed by atoms with Crippen molar-refractivity contribution in [2.45, 2.75) is 31.5 Å². The number of rotatable bonds is 2. The third-order valence-corrected chi connectivity index (χ3v) is 4.27. The number of amides is 1. The highest BCUT2D eigenvalue weighted by atomic mass is 16.6. The molecule has 1 aromatic rings. The number of carbonyl (C=O) groups is 1. The van der Waals surface area contributed by atoms with E-state index in [1.54, 1.807) is 13.3 Å². The van der Waals surface area contributed by atoms with Crippen molar-refractivity contribution in [3.05, 3.63) is 29.6 Å². The maximum Gasteiger partial charge on any atom is 0.255 e. The van der Waals surface area contributed by atoms with Gasteiger partial charge in [0.15, 0.2) is 0 Å². The summed E-state index contributed by atoms with van der Waals surface area (Å²) in [4.78, 5) is 18.5. The molecule has 2 atom stereocenters. The third-order valence-electron chi connectivity index (χ3n) is 4.27. The first-order valence-electron chi connectivity index (χ1n) is 7.01. The van der Waals surface area contributed by atoms with Crippen LogP contribution in [0, 0.1) is 6.92 Å². The fraction of sp³-hybridized carbons (Fsp3) is 0.600. The maximum atomic E-state index is 12.4. The molecule has 2 saturated heterocycles. The molecule has 3 rings (SSSR count). The number of hydrogen-bond donors (Lipinski definition) is 0. The minimum Gasteiger partial charge on any atom is -0.379 e.